The van der Waals surface area contributed by atoms with Gasteiger partial charge >= 0.3 is 0 Å². The van der Waals surface area contributed by atoms with Gasteiger partial charge in [-0.25, -0.2) is 4.39 Å². The molecule has 2 aromatic rings. The second kappa shape index (κ2) is 7.79. The summed E-state index contributed by atoms with van der Waals surface area (Å²) in [7, 11) is 0. The summed E-state index contributed by atoms with van der Waals surface area (Å²) >= 11 is 0. The minimum atomic E-state index is -0.452. The molecule has 1 N–H and O–H groups in total. The summed E-state index contributed by atoms with van der Waals surface area (Å²) in [6.45, 7) is 3.21. The number of rotatable bonds is 8. The maximum atomic E-state index is 13.1. The van der Waals surface area contributed by atoms with Crippen molar-refractivity contribution in [3.63, 3.8) is 0 Å². The fraction of sp³-hybridized carbons (Fsp3) is 0.381. The molecule has 0 radical (unpaired) electrons. The van der Waals surface area contributed by atoms with Crippen LogP contribution in [0.5, 0.6) is 0 Å². The molecule has 1 atom stereocenters. The van der Waals surface area contributed by atoms with E-state index in [0.717, 1.165) is 30.4 Å². The minimum absolute atomic E-state index is 0.0372. The van der Waals surface area contributed by atoms with Crippen LogP contribution in [0.1, 0.15) is 43.4 Å². The predicted molar refractivity (Wildman–Crippen MR) is 95.7 cm³/mol. The van der Waals surface area contributed by atoms with Gasteiger partial charge in [0.15, 0.2) is 0 Å². The molecule has 132 valence electrons. The molecular weight excluding hydrogens is 317 g/mol. The zero-order valence-electron chi connectivity index (χ0n) is 14.5. The fourth-order valence-electron chi connectivity index (χ4n) is 3.06. The summed E-state index contributed by atoms with van der Waals surface area (Å²) in [5.41, 5.74) is 1.60. The number of carbonyl (C=O) groups is 1. The van der Waals surface area contributed by atoms with Crippen LogP contribution in [0.25, 0.3) is 0 Å². The van der Waals surface area contributed by atoms with Gasteiger partial charge in [0, 0.05) is 13.2 Å². The Labute approximate surface area is 148 Å². The van der Waals surface area contributed by atoms with E-state index in [0.29, 0.717) is 13.2 Å². The Morgan fingerprint density at radius 1 is 1.16 bits per heavy atom. The summed E-state index contributed by atoms with van der Waals surface area (Å²) in [6, 6.07) is 16.3. The van der Waals surface area contributed by atoms with Crippen LogP contribution >= 0.6 is 0 Å². The minimum Gasteiger partial charge on any atom is -0.374 e. The van der Waals surface area contributed by atoms with Gasteiger partial charge in [-0.15, -0.1) is 0 Å². The molecule has 0 saturated heterocycles. The van der Waals surface area contributed by atoms with Crippen LogP contribution in [-0.2, 0) is 14.9 Å². The van der Waals surface area contributed by atoms with Crippen LogP contribution < -0.4 is 5.32 Å². The van der Waals surface area contributed by atoms with Crippen molar-refractivity contribution in [1.82, 2.24) is 5.32 Å². The molecule has 1 saturated carbocycles. The monoisotopic (exact) mass is 341 g/mol. The molecule has 25 heavy (non-hydrogen) atoms. The molecule has 4 heteroatoms. The normalized spacial score (nSPS) is 16.2. The van der Waals surface area contributed by atoms with Crippen molar-refractivity contribution in [2.24, 2.45) is 0 Å². The van der Waals surface area contributed by atoms with Crippen LogP contribution in [0.15, 0.2) is 54.6 Å². The molecule has 1 fully saturated rings. The van der Waals surface area contributed by atoms with Gasteiger partial charge in [-0.3, -0.25) is 4.79 Å². The fourth-order valence-corrected chi connectivity index (χ4v) is 3.06. The summed E-state index contributed by atoms with van der Waals surface area (Å²) in [5, 5.41) is 3.00. The van der Waals surface area contributed by atoms with Crippen molar-refractivity contribution in [2.75, 3.05) is 13.2 Å². The van der Waals surface area contributed by atoms with Crippen LogP contribution in [-0.4, -0.2) is 19.1 Å². The van der Waals surface area contributed by atoms with E-state index in [1.54, 1.807) is 12.1 Å². The molecule has 0 aliphatic heterocycles. The first-order valence-electron chi connectivity index (χ1n) is 8.83. The van der Waals surface area contributed by atoms with Crippen molar-refractivity contribution < 1.29 is 13.9 Å². The van der Waals surface area contributed by atoms with E-state index in [2.05, 4.69) is 5.32 Å². The van der Waals surface area contributed by atoms with Crippen LogP contribution in [0, 0.1) is 5.82 Å². The zero-order chi connectivity index (χ0) is 17.7. The number of benzene rings is 2. The molecule has 3 rings (SSSR count). The van der Waals surface area contributed by atoms with E-state index in [1.165, 1.54) is 12.1 Å². The molecule has 0 heterocycles. The van der Waals surface area contributed by atoms with E-state index in [-0.39, 0.29) is 17.8 Å². The Kier molecular flexibility index (Phi) is 5.49. The van der Waals surface area contributed by atoms with Crippen molar-refractivity contribution in [3.8, 4) is 0 Å². The largest absolute Gasteiger partial charge is 0.374 e. The van der Waals surface area contributed by atoms with Crippen molar-refractivity contribution >= 4 is 5.91 Å². The Bertz CT molecular complexity index is 696. The number of hydrogen-bond acceptors (Lipinski definition) is 2. The maximum Gasteiger partial charge on any atom is 0.230 e. The highest BCUT2D eigenvalue weighted by molar-refractivity contribution is 5.91. The van der Waals surface area contributed by atoms with E-state index < -0.39 is 5.41 Å². The molecule has 0 aromatic heterocycles. The first kappa shape index (κ1) is 17.6. The van der Waals surface area contributed by atoms with Gasteiger partial charge < -0.3 is 10.1 Å². The third-order valence-electron chi connectivity index (χ3n) is 4.82. The van der Waals surface area contributed by atoms with E-state index in [9.17, 15) is 9.18 Å². The number of halogens is 1. The summed E-state index contributed by atoms with van der Waals surface area (Å²) in [4.78, 5) is 12.5. The lowest BCUT2D eigenvalue weighted by Crippen LogP contribution is -2.35. The van der Waals surface area contributed by atoms with Gasteiger partial charge in [0.2, 0.25) is 5.91 Å². The maximum absolute atomic E-state index is 13.1. The number of nitrogens with one attached hydrogen (secondary N) is 1. The van der Waals surface area contributed by atoms with Gasteiger partial charge in [0.05, 0.1) is 11.5 Å². The van der Waals surface area contributed by atoms with Gasteiger partial charge in [-0.1, -0.05) is 42.5 Å². The lowest BCUT2D eigenvalue weighted by atomic mass is 9.95. The highest BCUT2D eigenvalue weighted by Crippen LogP contribution is 2.48. The Morgan fingerprint density at radius 3 is 2.48 bits per heavy atom. The average molecular weight is 341 g/mol. The van der Waals surface area contributed by atoms with E-state index in [1.807, 2.05) is 37.3 Å². The first-order chi connectivity index (χ1) is 12.1. The predicted octanol–water partition coefficient (Wildman–Crippen LogP) is 4.14. The van der Waals surface area contributed by atoms with Crippen molar-refractivity contribution in [1.29, 1.82) is 0 Å². The van der Waals surface area contributed by atoms with Crippen LogP contribution in [0.3, 0.4) is 0 Å². The van der Waals surface area contributed by atoms with Gasteiger partial charge in [0.1, 0.15) is 5.82 Å². The lowest BCUT2D eigenvalue weighted by molar-refractivity contribution is -0.123. The third-order valence-corrected chi connectivity index (χ3v) is 4.82. The molecule has 1 unspecified atom stereocenters. The van der Waals surface area contributed by atoms with Crippen molar-refractivity contribution in [3.05, 3.63) is 71.5 Å². The number of carbonyl (C=O) groups excluding carboxylic acids is 1. The second-order valence-electron chi connectivity index (χ2n) is 6.62. The van der Waals surface area contributed by atoms with Crippen LogP contribution in [0.2, 0.25) is 0 Å². The summed E-state index contributed by atoms with van der Waals surface area (Å²) in [5.74, 6) is -0.236. The molecule has 3 nitrogen and oxygen atoms in total. The van der Waals surface area contributed by atoms with Crippen molar-refractivity contribution in [2.45, 2.75) is 37.7 Å². The van der Waals surface area contributed by atoms with Gasteiger partial charge in [0.25, 0.3) is 0 Å². The molecule has 0 spiro atoms. The molecule has 1 aliphatic carbocycles. The van der Waals surface area contributed by atoms with E-state index >= 15 is 0 Å². The lowest BCUT2D eigenvalue weighted by Gasteiger charge is -2.17. The Hall–Kier alpha value is -2.20. The highest BCUT2D eigenvalue weighted by atomic mass is 19.1. The average Bonchev–Trinajstić information content (AvgIpc) is 3.44. The SMILES string of the molecule is CC(OCCCNC(=O)C1(c2ccc(F)cc2)CC1)c1ccccc1. The van der Waals surface area contributed by atoms with Gasteiger partial charge in [-0.2, -0.15) is 0 Å². The Balaban J connectivity index is 1.40. The smallest absolute Gasteiger partial charge is 0.230 e. The summed E-state index contributed by atoms with van der Waals surface area (Å²) < 4.78 is 18.9. The van der Waals surface area contributed by atoms with Crippen LogP contribution in [0.4, 0.5) is 4.39 Å². The molecule has 1 aliphatic rings. The first-order valence-corrected chi connectivity index (χ1v) is 8.83. The third kappa shape index (κ3) is 4.26. The molecule has 2 aromatic carbocycles. The Morgan fingerprint density at radius 2 is 1.84 bits per heavy atom. The molecular formula is C21H24FNO2. The standard InChI is InChI=1S/C21H24FNO2/c1-16(17-6-3-2-4-7-17)25-15-5-14-23-20(24)21(12-13-21)18-8-10-19(22)11-9-18/h2-4,6-11,16H,5,12-15H2,1H3,(H,23,24). The number of ether oxygens (including phenoxy) is 1. The second-order valence-corrected chi connectivity index (χ2v) is 6.62. The van der Waals surface area contributed by atoms with Gasteiger partial charge in [-0.05, 0) is 49.4 Å². The zero-order valence-corrected chi connectivity index (χ0v) is 14.5. The molecule has 1 amide bonds. The quantitative estimate of drug-likeness (QED) is 0.733. The number of hydrogen-bond donors (Lipinski definition) is 1. The number of amides is 1. The van der Waals surface area contributed by atoms with E-state index in [4.69, 9.17) is 4.74 Å². The highest BCUT2D eigenvalue weighted by Gasteiger charge is 2.50. The topological polar surface area (TPSA) is 38.3 Å². The molecule has 0 bridgehead atoms. The summed E-state index contributed by atoms with van der Waals surface area (Å²) in [6.07, 6.45) is 2.46.